The summed E-state index contributed by atoms with van der Waals surface area (Å²) >= 11 is 0. The summed E-state index contributed by atoms with van der Waals surface area (Å²) < 4.78 is 28.3. The highest BCUT2D eigenvalue weighted by Crippen LogP contribution is 2.28. The smallest absolute Gasteiger partial charge is 0.263 e. The van der Waals surface area contributed by atoms with Gasteiger partial charge in [0.2, 0.25) is 0 Å². The van der Waals surface area contributed by atoms with Crippen LogP contribution in [-0.4, -0.2) is 14.5 Å². The van der Waals surface area contributed by atoms with Crippen molar-refractivity contribution in [3.05, 3.63) is 29.8 Å². The molecule has 0 radical (unpaired) electrons. The lowest BCUT2D eigenvalue weighted by Gasteiger charge is -2.04. The van der Waals surface area contributed by atoms with Crippen molar-refractivity contribution >= 4 is 10.1 Å². The number of aryl methyl sites for hydroxylation is 1. The Morgan fingerprint density at radius 2 is 1.87 bits per heavy atom. The Labute approximate surface area is 90.2 Å². The first-order chi connectivity index (χ1) is 7.12. The third-order valence-corrected chi connectivity index (χ3v) is 3.78. The predicted octanol–water partition coefficient (Wildman–Crippen LogP) is 2.12. The van der Waals surface area contributed by atoms with Gasteiger partial charge in [-0.15, -0.1) is 0 Å². The molecule has 1 aliphatic rings. The highest BCUT2D eigenvalue weighted by Gasteiger charge is 2.29. The summed E-state index contributed by atoms with van der Waals surface area (Å²) in [5.41, 5.74) is 1.13. The molecule has 0 unspecified atom stereocenters. The van der Waals surface area contributed by atoms with Crippen LogP contribution in [0.1, 0.15) is 25.3 Å². The first kappa shape index (κ1) is 10.6. The van der Waals surface area contributed by atoms with E-state index in [1.165, 1.54) is 0 Å². The largest absolute Gasteiger partial charge is 0.297 e. The van der Waals surface area contributed by atoms with Crippen molar-refractivity contribution in [1.82, 2.24) is 0 Å². The van der Waals surface area contributed by atoms with Crippen LogP contribution in [0.5, 0.6) is 0 Å². The molecule has 0 heterocycles. The Hall–Kier alpha value is -0.870. The molecule has 2 rings (SSSR count). The van der Waals surface area contributed by atoms with Gasteiger partial charge in [-0.3, -0.25) is 4.18 Å². The Balaban J connectivity index is 2.19. The van der Waals surface area contributed by atoms with Gasteiger partial charge in [0, 0.05) is 0 Å². The molecular formula is C11H14O3S. The molecule has 3 nitrogen and oxygen atoms in total. The van der Waals surface area contributed by atoms with Crippen molar-refractivity contribution in [2.24, 2.45) is 0 Å². The molecule has 1 fully saturated rings. The molecule has 82 valence electrons. The highest BCUT2D eigenvalue weighted by molar-refractivity contribution is 7.86. The molecule has 0 aliphatic heterocycles. The standard InChI is InChI=1S/C11H14O3S/c1-2-9-3-7-11(8-4-9)15(12,13)14-10-5-6-10/h3-4,7-8,10H,2,5-6H2,1H3. The quantitative estimate of drug-likeness (QED) is 0.738. The van der Waals surface area contributed by atoms with E-state index < -0.39 is 10.1 Å². The molecule has 0 atom stereocenters. The lowest BCUT2D eigenvalue weighted by atomic mass is 10.2. The van der Waals surface area contributed by atoms with E-state index in [-0.39, 0.29) is 11.0 Å². The third-order valence-electron chi connectivity index (χ3n) is 2.41. The fraction of sp³-hybridized carbons (Fsp3) is 0.455. The van der Waals surface area contributed by atoms with E-state index in [1.54, 1.807) is 12.1 Å². The van der Waals surface area contributed by atoms with Crippen molar-refractivity contribution < 1.29 is 12.6 Å². The molecule has 0 amide bonds. The Morgan fingerprint density at radius 3 is 2.33 bits per heavy atom. The average Bonchev–Trinajstić information content (AvgIpc) is 3.01. The summed E-state index contributed by atoms with van der Waals surface area (Å²) in [6, 6.07) is 6.86. The SMILES string of the molecule is CCc1ccc(S(=O)(=O)OC2CC2)cc1. The summed E-state index contributed by atoms with van der Waals surface area (Å²) in [6.07, 6.45) is 2.53. The van der Waals surface area contributed by atoms with Gasteiger partial charge in [-0.25, -0.2) is 0 Å². The maximum absolute atomic E-state index is 11.7. The maximum atomic E-state index is 11.7. The van der Waals surface area contributed by atoms with Crippen LogP contribution in [0.3, 0.4) is 0 Å². The van der Waals surface area contributed by atoms with E-state index in [4.69, 9.17) is 4.18 Å². The molecule has 1 aromatic carbocycles. The van der Waals surface area contributed by atoms with E-state index in [9.17, 15) is 8.42 Å². The van der Waals surface area contributed by atoms with Crippen molar-refractivity contribution in [3.63, 3.8) is 0 Å². The molecule has 4 heteroatoms. The predicted molar refractivity (Wildman–Crippen MR) is 57.1 cm³/mol. The monoisotopic (exact) mass is 226 g/mol. The van der Waals surface area contributed by atoms with Gasteiger partial charge in [0.05, 0.1) is 11.0 Å². The number of benzene rings is 1. The molecule has 0 saturated heterocycles. The van der Waals surface area contributed by atoms with E-state index in [0.29, 0.717) is 0 Å². The topological polar surface area (TPSA) is 43.4 Å². The third kappa shape index (κ3) is 2.58. The van der Waals surface area contributed by atoms with Crippen LogP contribution in [0, 0.1) is 0 Å². The first-order valence-corrected chi connectivity index (χ1v) is 6.55. The van der Waals surface area contributed by atoms with Gasteiger partial charge in [0.25, 0.3) is 10.1 Å². The van der Waals surface area contributed by atoms with Crippen LogP contribution in [0.25, 0.3) is 0 Å². The molecule has 15 heavy (non-hydrogen) atoms. The van der Waals surface area contributed by atoms with Gasteiger partial charge in [0.15, 0.2) is 0 Å². The maximum Gasteiger partial charge on any atom is 0.297 e. The van der Waals surface area contributed by atoms with Gasteiger partial charge in [-0.2, -0.15) is 8.42 Å². The number of hydrogen-bond acceptors (Lipinski definition) is 3. The molecule has 0 N–H and O–H groups in total. The fourth-order valence-corrected chi connectivity index (χ4v) is 2.42. The van der Waals surface area contributed by atoms with Crippen LogP contribution in [-0.2, 0) is 20.7 Å². The summed E-state index contributed by atoms with van der Waals surface area (Å²) in [6.45, 7) is 2.03. The van der Waals surface area contributed by atoms with Crippen LogP contribution in [0.15, 0.2) is 29.2 Å². The van der Waals surface area contributed by atoms with E-state index >= 15 is 0 Å². The Kier molecular flexibility index (Phi) is 2.80. The second-order valence-corrected chi connectivity index (χ2v) is 5.32. The minimum Gasteiger partial charge on any atom is -0.263 e. The van der Waals surface area contributed by atoms with E-state index in [1.807, 2.05) is 19.1 Å². The minimum absolute atomic E-state index is 0.0825. The zero-order valence-electron chi connectivity index (χ0n) is 8.64. The molecular weight excluding hydrogens is 212 g/mol. The minimum atomic E-state index is -3.52. The van der Waals surface area contributed by atoms with Crippen molar-refractivity contribution in [2.45, 2.75) is 37.2 Å². The van der Waals surface area contributed by atoms with Gasteiger partial charge in [0.1, 0.15) is 0 Å². The normalized spacial score (nSPS) is 16.6. The molecule has 1 aromatic rings. The average molecular weight is 226 g/mol. The van der Waals surface area contributed by atoms with Crippen LogP contribution >= 0.6 is 0 Å². The molecule has 1 saturated carbocycles. The lowest BCUT2D eigenvalue weighted by molar-refractivity contribution is 0.305. The summed E-state index contributed by atoms with van der Waals surface area (Å²) in [5.74, 6) is 0. The summed E-state index contributed by atoms with van der Waals surface area (Å²) in [4.78, 5) is 0.256. The molecule has 0 aromatic heterocycles. The van der Waals surface area contributed by atoms with Gasteiger partial charge in [-0.05, 0) is 37.0 Å². The summed E-state index contributed by atoms with van der Waals surface area (Å²) in [7, 11) is -3.52. The zero-order valence-corrected chi connectivity index (χ0v) is 9.46. The van der Waals surface area contributed by atoms with Gasteiger partial charge >= 0.3 is 0 Å². The first-order valence-electron chi connectivity index (χ1n) is 5.14. The fourth-order valence-electron chi connectivity index (χ4n) is 1.29. The van der Waals surface area contributed by atoms with E-state index in [0.717, 1.165) is 24.8 Å². The second-order valence-electron chi connectivity index (χ2n) is 3.75. The van der Waals surface area contributed by atoms with E-state index in [2.05, 4.69) is 0 Å². The van der Waals surface area contributed by atoms with Crippen LogP contribution in [0.4, 0.5) is 0 Å². The van der Waals surface area contributed by atoms with Crippen LogP contribution < -0.4 is 0 Å². The second kappa shape index (κ2) is 3.94. The molecule has 0 bridgehead atoms. The lowest BCUT2D eigenvalue weighted by Crippen LogP contribution is -2.07. The number of rotatable bonds is 4. The summed E-state index contributed by atoms with van der Waals surface area (Å²) in [5, 5.41) is 0. The molecule has 1 aliphatic carbocycles. The van der Waals surface area contributed by atoms with Crippen molar-refractivity contribution in [2.75, 3.05) is 0 Å². The van der Waals surface area contributed by atoms with Crippen molar-refractivity contribution in [1.29, 1.82) is 0 Å². The Morgan fingerprint density at radius 1 is 1.27 bits per heavy atom. The van der Waals surface area contributed by atoms with Crippen molar-refractivity contribution in [3.8, 4) is 0 Å². The highest BCUT2D eigenvalue weighted by atomic mass is 32.2. The molecule has 0 spiro atoms. The zero-order chi connectivity index (χ0) is 10.9. The van der Waals surface area contributed by atoms with Gasteiger partial charge < -0.3 is 0 Å². The van der Waals surface area contributed by atoms with Gasteiger partial charge in [-0.1, -0.05) is 19.1 Å². The number of hydrogen-bond donors (Lipinski definition) is 0. The Bertz CT molecular complexity index is 429. The van der Waals surface area contributed by atoms with Crippen LogP contribution in [0.2, 0.25) is 0 Å².